The van der Waals surface area contributed by atoms with Gasteiger partial charge in [0, 0.05) is 24.0 Å². The van der Waals surface area contributed by atoms with E-state index in [0.29, 0.717) is 0 Å². The van der Waals surface area contributed by atoms with Gasteiger partial charge in [0.15, 0.2) is 0 Å². The molecule has 1 atom stereocenters. The van der Waals surface area contributed by atoms with Gasteiger partial charge in [-0.05, 0) is 23.3 Å². The summed E-state index contributed by atoms with van der Waals surface area (Å²) in [5.41, 5.74) is 3.17. The van der Waals surface area contributed by atoms with Crippen molar-refractivity contribution < 1.29 is 5.11 Å². The molecule has 2 aromatic carbocycles. The minimum absolute atomic E-state index is 0.0477. The summed E-state index contributed by atoms with van der Waals surface area (Å²) in [5, 5.41) is 9.29. The van der Waals surface area contributed by atoms with Gasteiger partial charge in [-0.15, -0.1) is 0 Å². The lowest BCUT2D eigenvalue weighted by molar-refractivity contribution is 0.282. The van der Waals surface area contributed by atoms with Crippen LogP contribution in [0.3, 0.4) is 0 Å². The van der Waals surface area contributed by atoms with Crippen molar-refractivity contribution >= 4 is 0 Å². The van der Waals surface area contributed by atoms with E-state index in [4.69, 9.17) is 0 Å². The summed E-state index contributed by atoms with van der Waals surface area (Å²) in [6, 6.07) is 18.2. The van der Waals surface area contributed by atoms with Gasteiger partial charge in [-0.3, -0.25) is 0 Å². The Kier molecular flexibility index (Phi) is 3.84. The zero-order valence-electron chi connectivity index (χ0n) is 12.0. The molecule has 0 aliphatic carbocycles. The van der Waals surface area contributed by atoms with Crippen molar-refractivity contribution in [1.82, 2.24) is 9.55 Å². The van der Waals surface area contributed by atoms with Crippen LogP contribution in [0, 0.1) is 0 Å². The number of hydrogen-bond acceptors (Lipinski definition) is 2. The van der Waals surface area contributed by atoms with Gasteiger partial charge in [-0.25, -0.2) is 4.98 Å². The van der Waals surface area contributed by atoms with Crippen LogP contribution in [0.15, 0.2) is 67.0 Å². The molecule has 3 aromatic rings. The smallest absolute Gasteiger partial charge is 0.120 e. The van der Waals surface area contributed by atoms with Gasteiger partial charge >= 0.3 is 0 Å². The highest BCUT2D eigenvalue weighted by molar-refractivity contribution is 5.38. The molecule has 1 heterocycles. The summed E-state index contributed by atoms with van der Waals surface area (Å²) in [7, 11) is 0. The van der Waals surface area contributed by atoms with Crippen molar-refractivity contribution in [3.8, 4) is 5.69 Å². The summed E-state index contributed by atoms with van der Waals surface area (Å²) in [5.74, 6) is 1.20. The number of nitrogens with zero attached hydrogens (tertiary/aromatic N) is 2. The second-order valence-electron chi connectivity index (χ2n) is 5.12. The molecule has 0 unspecified atom stereocenters. The summed E-state index contributed by atoms with van der Waals surface area (Å²) in [4.78, 5) is 4.52. The van der Waals surface area contributed by atoms with Gasteiger partial charge in [0.25, 0.3) is 0 Å². The van der Waals surface area contributed by atoms with E-state index in [9.17, 15) is 5.11 Å². The van der Waals surface area contributed by atoms with Gasteiger partial charge in [0.1, 0.15) is 5.82 Å². The Morgan fingerprint density at radius 3 is 2.67 bits per heavy atom. The molecular weight excluding hydrogens is 260 g/mol. The molecule has 0 aliphatic heterocycles. The Morgan fingerprint density at radius 2 is 1.90 bits per heavy atom. The molecule has 0 aliphatic rings. The van der Waals surface area contributed by atoms with Crippen LogP contribution in [0.1, 0.15) is 29.8 Å². The van der Waals surface area contributed by atoms with Crippen LogP contribution in [0.2, 0.25) is 0 Å². The van der Waals surface area contributed by atoms with Gasteiger partial charge in [0.05, 0.1) is 6.61 Å². The molecule has 0 spiro atoms. The van der Waals surface area contributed by atoms with Crippen LogP contribution < -0.4 is 0 Å². The first-order chi connectivity index (χ1) is 10.3. The first-order valence-corrected chi connectivity index (χ1v) is 7.08. The summed E-state index contributed by atoms with van der Waals surface area (Å²) in [6.07, 6.45) is 3.78. The molecule has 0 saturated heterocycles. The molecule has 0 radical (unpaired) electrons. The predicted molar refractivity (Wildman–Crippen MR) is 83.4 cm³/mol. The van der Waals surface area contributed by atoms with E-state index in [2.05, 4.69) is 28.6 Å². The topological polar surface area (TPSA) is 38.0 Å². The second kappa shape index (κ2) is 5.94. The highest BCUT2D eigenvalue weighted by Crippen LogP contribution is 2.25. The minimum atomic E-state index is 0.0477. The fraction of sp³-hybridized carbons (Fsp3) is 0.167. The zero-order chi connectivity index (χ0) is 14.7. The summed E-state index contributed by atoms with van der Waals surface area (Å²) in [6.45, 7) is 2.20. The summed E-state index contributed by atoms with van der Waals surface area (Å²) < 4.78 is 2.08. The number of hydrogen-bond donors (Lipinski definition) is 1. The van der Waals surface area contributed by atoms with E-state index in [1.807, 2.05) is 54.9 Å². The van der Waals surface area contributed by atoms with Crippen LogP contribution in [-0.2, 0) is 6.61 Å². The normalized spacial score (nSPS) is 12.3. The van der Waals surface area contributed by atoms with Crippen LogP contribution in [-0.4, -0.2) is 14.7 Å². The maximum absolute atomic E-state index is 9.29. The fourth-order valence-electron chi connectivity index (χ4n) is 2.55. The Balaban J connectivity index is 2.01. The van der Waals surface area contributed by atoms with E-state index in [0.717, 1.165) is 17.1 Å². The quantitative estimate of drug-likeness (QED) is 0.793. The van der Waals surface area contributed by atoms with Gasteiger partial charge in [-0.1, -0.05) is 49.4 Å². The standard InChI is InChI=1S/C18H18N2O/c1-14(16-7-3-2-4-8-16)18-19-10-11-20(18)17-9-5-6-15(12-17)13-21/h2-12,14,21H,13H2,1H3/t14-/m1/s1. The molecule has 21 heavy (non-hydrogen) atoms. The average Bonchev–Trinajstić information content (AvgIpc) is 3.04. The molecule has 3 heteroatoms. The number of aliphatic hydroxyl groups excluding tert-OH is 1. The lowest BCUT2D eigenvalue weighted by Crippen LogP contribution is -2.06. The third-order valence-corrected chi connectivity index (χ3v) is 3.73. The molecule has 3 rings (SSSR count). The molecule has 106 valence electrons. The Hall–Kier alpha value is -2.39. The van der Waals surface area contributed by atoms with Gasteiger partial charge < -0.3 is 9.67 Å². The van der Waals surface area contributed by atoms with Crippen LogP contribution >= 0.6 is 0 Å². The number of aromatic nitrogens is 2. The SMILES string of the molecule is C[C@H](c1ccccc1)c1nccn1-c1cccc(CO)c1. The highest BCUT2D eigenvalue weighted by atomic mass is 16.3. The minimum Gasteiger partial charge on any atom is -0.392 e. The lowest BCUT2D eigenvalue weighted by Gasteiger charge is -2.15. The molecule has 1 aromatic heterocycles. The van der Waals surface area contributed by atoms with E-state index >= 15 is 0 Å². The van der Waals surface area contributed by atoms with Crippen molar-refractivity contribution in [2.75, 3.05) is 0 Å². The van der Waals surface area contributed by atoms with Crippen molar-refractivity contribution in [3.05, 3.63) is 83.9 Å². The third kappa shape index (κ3) is 2.73. The van der Waals surface area contributed by atoms with E-state index in [1.54, 1.807) is 0 Å². The second-order valence-corrected chi connectivity index (χ2v) is 5.12. The van der Waals surface area contributed by atoms with E-state index < -0.39 is 0 Å². The van der Waals surface area contributed by atoms with Crippen molar-refractivity contribution in [2.24, 2.45) is 0 Å². The van der Waals surface area contributed by atoms with Crippen molar-refractivity contribution in [1.29, 1.82) is 0 Å². The Morgan fingerprint density at radius 1 is 1.10 bits per heavy atom. The van der Waals surface area contributed by atoms with Gasteiger partial charge in [-0.2, -0.15) is 0 Å². The highest BCUT2D eigenvalue weighted by Gasteiger charge is 2.15. The lowest BCUT2D eigenvalue weighted by atomic mass is 10.0. The molecule has 1 N–H and O–H groups in total. The molecular formula is C18H18N2O. The van der Waals surface area contributed by atoms with Crippen LogP contribution in [0.5, 0.6) is 0 Å². The first kappa shape index (κ1) is 13.6. The molecule has 0 amide bonds. The molecule has 3 nitrogen and oxygen atoms in total. The molecule has 0 fully saturated rings. The van der Waals surface area contributed by atoms with E-state index in [-0.39, 0.29) is 12.5 Å². The number of benzene rings is 2. The Labute approximate surface area is 124 Å². The predicted octanol–water partition coefficient (Wildman–Crippen LogP) is 3.52. The summed E-state index contributed by atoms with van der Waals surface area (Å²) >= 11 is 0. The largest absolute Gasteiger partial charge is 0.392 e. The maximum Gasteiger partial charge on any atom is 0.120 e. The van der Waals surface area contributed by atoms with Crippen molar-refractivity contribution in [2.45, 2.75) is 19.4 Å². The average molecular weight is 278 g/mol. The third-order valence-electron chi connectivity index (χ3n) is 3.73. The zero-order valence-corrected chi connectivity index (χ0v) is 12.0. The fourth-order valence-corrected chi connectivity index (χ4v) is 2.55. The monoisotopic (exact) mass is 278 g/mol. The number of rotatable bonds is 4. The molecule has 0 bridgehead atoms. The van der Waals surface area contributed by atoms with E-state index in [1.165, 1.54) is 5.56 Å². The van der Waals surface area contributed by atoms with Crippen LogP contribution in [0.4, 0.5) is 0 Å². The maximum atomic E-state index is 9.29. The first-order valence-electron chi connectivity index (χ1n) is 7.08. The molecule has 0 saturated carbocycles. The van der Waals surface area contributed by atoms with Crippen molar-refractivity contribution in [3.63, 3.8) is 0 Å². The Bertz CT molecular complexity index is 719. The van der Waals surface area contributed by atoms with Crippen LogP contribution in [0.25, 0.3) is 5.69 Å². The number of aliphatic hydroxyl groups is 1. The van der Waals surface area contributed by atoms with Gasteiger partial charge in [0.2, 0.25) is 0 Å². The number of imidazole rings is 1.